The highest BCUT2D eigenvalue weighted by Crippen LogP contribution is 2.23. The van der Waals surface area contributed by atoms with Crippen molar-refractivity contribution in [2.75, 3.05) is 37.6 Å². The molecule has 2 amide bonds. The molecule has 0 bridgehead atoms. The van der Waals surface area contributed by atoms with Gasteiger partial charge in [0.15, 0.2) is 5.78 Å². The fourth-order valence-electron chi connectivity index (χ4n) is 2.97. The van der Waals surface area contributed by atoms with Crippen molar-refractivity contribution in [1.82, 2.24) is 10.2 Å². The van der Waals surface area contributed by atoms with Gasteiger partial charge in [-0.25, -0.2) is 4.39 Å². The second kappa shape index (κ2) is 8.83. The summed E-state index contributed by atoms with van der Waals surface area (Å²) in [7, 11) is 0. The molecule has 0 unspecified atom stereocenters. The van der Waals surface area contributed by atoms with Crippen LogP contribution < -0.4 is 10.2 Å². The lowest BCUT2D eigenvalue weighted by Gasteiger charge is -2.36. The van der Waals surface area contributed by atoms with Crippen LogP contribution in [-0.2, 0) is 4.79 Å². The molecule has 0 radical (unpaired) electrons. The number of hydrogen-bond donors (Lipinski definition) is 1. The molecule has 1 aliphatic heterocycles. The lowest BCUT2D eigenvalue weighted by molar-refractivity contribution is -0.130. The molecule has 3 rings (SSSR count). The third-order valence-electron chi connectivity index (χ3n) is 4.52. The Morgan fingerprint density at radius 3 is 2.43 bits per heavy atom. The number of nitrogens with zero attached hydrogens (tertiary/aromatic N) is 2. The van der Waals surface area contributed by atoms with E-state index in [4.69, 9.17) is 0 Å². The number of thiophene rings is 1. The molecule has 1 aromatic heterocycles. The first-order valence-electron chi connectivity index (χ1n) is 8.72. The van der Waals surface area contributed by atoms with Crippen molar-refractivity contribution in [3.63, 3.8) is 0 Å². The Hall–Kier alpha value is -2.26. The average molecular weight is 468 g/mol. The number of piperazine rings is 1. The van der Waals surface area contributed by atoms with Crippen molar-refractivity contribution in [1.29, 1.82) is 0 Å². The first kappa shape index (κ1) is 20.5. The number of benzene rings is 1. The number of Topliss-reactive ketones (excluding diaryl/α,β-unsaturated/α-hetero) is 1. The van der Waals surface area contributed by atoms with Gasteiger partial charge in [0, 0.05) is 31.7 Å². The summed E-state index contributed by atoms with van der Waals surface area (Å²) in [6, 6.07) is 7.93. The summed E-state index contributed by atoms with van der Waals surface area (Å²) in [4.78, 5) is 39.8. The van der Waals surface area contributed by atoms with Crippen LogP contribution >= 0.6 is 27.3 Å². The van der Waals surface area contributed by atoms with Gasteiger partial charge < -0.3 is 15.1 Å². The minimum Gasteiger partial charge on any atom is -0.366 e. The average Bonchev–Trinajstić information content (AvgIpc) is 3.12. The quantitative estimate of drug-likeness (QED) is 0.686. The zero-order valence-corrected chi connectivity index (χ0v) is 17.6. The molecule has 1 aromatic carbocycles. The van der Waals surface area contributed by atoms with Crippen LogP contribution in [0.1, 0.15) is 27.0 Å². The van der Waals surface area contributed by atoms with Gasteiger partial charge in [-0.05, 0) is 53.2 Å². The Labute approximate surface area is 174 Å². The molecule has 0 aliphatic carbocycles. The van der Waals surface area contributed by atoms with E-state index >= 15 is 0 Å². The van der Waals surface area contributed by atoms with Gasteiger partial charge in [0.1, 0.15) is 5.82 Å². The zero-order chi connectivity index (χ0) is 20.3. The highest BCUT2D eigenvalue weighted by molar-refractivity contribution is 9.11. The maximum atomic E-state index is 14.3. The van der Waals surface area contributed by atoms with Crippen LogP contribution in [0.25, 0.3) is 0 Å². The molecule has 0 atom stereocenters. The summed E-state index contributed by atoms with van der Waals surface area (Å²) < 4.78 is 15.1. The fraction of sp³-hybridized carbons (Fsp3) is 0.316. The van der Waals surface area contributed by atoms with Gasteiger partial charge >= 0.3 is 0 Å². The van der Waals surface area contributed by atoms with Crippen LogP contribution in [0.3, 0.4) is 0 Å². The second-order valence-corrected chi connectivity index (χ2v) is 8.84. The van der Waals surface area contributed by atoms with Crippen LogP contribution in [0.5, 0.6) is 0 Å². The van der Waals surface area contributed by atoms with E-state index in [-0.39, 0.29) is 24.1 Å². The molecule has 6 nitrogen and oxygen atoms in total. The molecule has 1 fully saturated rings. The first-order valence-corrected chi connectivity index (χ1v) is 10.3. The Balaban J connectivity index is 1.51. The van der Waals surface area contributed by atoms with E-state index in [2.05, 4.69) is 21.2 Å². The molecular formula is C19H19BrFN3O3S. The molecule has 9 heteroatoms. The predicted molar refractivity (Wildman–Crippen MR) is 110 cm³/mol. The minimum absolute atomic E-state index is 0.0734. The van der Waals surface area contributed by atoms with Crippen LogP contribution in [-0.4, -0.2) is 55.2 Å². The number of nitrogens with one attached hydrogen (secondary N) is 1. The number of carbonyl (C=O) groups excluding carboxylic acids is 3. The SMILES string of the molecule is CC(=O)c1ccc(N2CCN(C(=O)CNC(=O)c3ccc(Br)s3)CC2)c(F)c1. The summed E-state index contributed by atoms with van der Waals surface area (Å²) in [5.41, 5.74) is 0.761. The molecule has 2 aromatic rings. The Bertz CT molecular complexity index is 910. The number of anilines is 1. The van der Waals surface area contributed by atoms with Gasteiger partial charge in [-0.2, -0.15) is 0 Å². The second-order valence-electron chi connectivity index (χ2n) is 6.38. The fourth-order valence-corrected chi connectivity index (χ4v) is 4.27. The van der Waals surface area contributed by atoms with Crippen molar-refractivity contribution >= 4 is 50.6 Å². The number of rotatable bonds is 5. The smallest absolute Gasteiger partial charge is 0.261 e. The van der Waals surface area contributed by atoms with Crippen molar-refractivity contribution in [2.24, 2.45) is 0 Å². The molecule has 1 N–H and O–H groups in total. The van der Waals surface area contributed by atoms with E-state index in [1.807, 2.05) is 4.90 Å². The summed E-state index contributed by atoms with van der Waals surface area (Å²) in [6.07, 6.45) is 0. The van der Waals surface area contributed by atoms with Crippen LogP contribution in [0.4, 0.5) is 10.1 Å². The van der Waals surface area contributed by atoms with Crippen molar-refractivity contribution in [3.8, 4) is 0 Å². The lowest BCUT2D eigenvalue weighted by Crippen LogP contribution is -2.51. The number of ketones is 1. The van der Waals surface area contributed by atoms with Gasteiger partial charge in [-0.3, -0.25) is 14.4 Å². The van der Waals surface area contributed by atoms with Crippen LogP contribution in [0.2, 0.25) is 0 Å². The van der Waals surface area contributed by atoms with E-state index in [1.54, 1.807) is 29.2 Å². The van der Waals surface area contributed by atoms with E-state index in [9.17, 15) is 18.8 Å². The molecule has 28 heavy (non-hydrogen) atoms. The highest BCUT2D eigenvalue weighted by Gasteiger charge is 2.23. The van der Waals surface area contributed by atoms with E-state index in [1.165, 1.54) is 24.3 Å². The van der Waals surface area contributed by atoms with Crippen molar-refractivity contribution in [2.45, 2.75) is 6.92 Å². The molecule has 148 valence electrons. The summed E-state index contributed by atoms with van der Waals surface area (Å²) in [6.45, 7) is 3.16. The first-order chi connectivity index (χ1) is 13.3. The van der Waals surface area contributed by atoms with Crippen molar-refractivity contribution < 1.29 is 18.8 Å². The minimum atomic E-state index is -0.443. The maximum absolute atomic E-state index is 14.3. The number of carbonyl (C=O) groups is 3. The number of amides is 2. The number of halogens is 2. The highest BCUT2D eigenvalue weighted by atomic mass is 79.9. The zero-order valence-electron chi connectivity index (χ0n) is 15.2. The standard InChI is InChI=1S/C19H19BrFN3O3S/c1-12(25)13-2-3-15(14(21)10-13)23-6-8-24(9-7-23)18(26)11-22-19(27)16-4-5-17(20)28-16/h2-5,10H,6-9,11H2,1H3,(H,22,27). The molecule has 1 aliphatic rings. The Morgan fingerprint density at radius 2 is 1.86 bits per heavy atom. The van der Waals surface area contributed by atoms with Crippen LogP contribution in [0, 0.1) is 5.82 Å². The maximum Gasteiger partial charge on any atom is 0.261 e. The van der Waals surface area contributed by atoms with Gasteiger partial charge in [0.25, 0.3) is 5.91 Å². The molecule has 1 saturated heterocycles. The van der Waals surface area contributed by atoms with Gasteiger partial charge in [0.2, 0.25) is 5.91 Å². The van der Waals surface area contributed by atoms with Crippen molar-refractivity contribution in [3.05, 3.63) is 50.4 Å². The van der Waals surface area contributed by atoms with E-state index in [0.717, 1.165) is 3.79 Å². The molecule has 2 heterocycles. The number of hydrogen-bond acceptors (Lipinski definition) is 5. The normalized spacial score (nSPS) is 14.1. The molecular weight excluding hydrogens is 449 g/mol. The summed E-state index contributed by atoms with van der Waals surface area (Å²) in [5.74, 6) is -1.08. The van der Waals surface area contributed by atoms with Gasteiger partial charge in [0.05, 0.1) is 20.9 Å². The summed E-state index contributed by atoms with van der Waals surface area (Å²) >= 11 is 4.60. The molecule has 0 saturated carbocycles. The van der Waals surface area contributed by atoms with Crippen LogP contribution in [0.15, 0.2) is 34.1 Å². The third-order valence-corrected chi connectivity index (χ3v) is 6.15. The lowest BCUT2D eigenvalue weighted by atomic mass is 10.1. The third kappa shape index (κ3) is 4.77. The monoisotopic (exact) mass is 467 g/mol. The van der Waals surface area contributed by atoms with Gasteiger partial charge in [-0.1, -0.05) is 0 Å². The Kier molecular flexibility index (Phi) is 6.46. The van der Waals surface area contributed by atoms with E-state index < -0.39 is 5.82 Å². The molecule has 0 spiro atoms. The summed E-state index contributed by atoms with van der Waals surface area (Å²) in [5, 5.41) is 2.63. The Morgan fingerprint density at radius 1 is 1.14 bits per heavy atom. The van der Waals surface area contributed by atoms with Gasteiger partial charge in [-0.15, -0.1) is 11.3 Å². The topological polar surface area (TPSA) is 69.7 Å². The largest absolute Gasteiger partial charge is 0.366 e. The predicted octanol–water partition coefficient (Wildman–Crippen LogP) is 2.93. The van der Waals surface area contributed by atoms with E-state index in [0.29, 0.717) is 42.3 Å².